The predicted molar refractivity (Wildman–Crippen MR) is 160 cm³/mol. The van der Waals surface area contributed by atoms with Crippen molar-refractivity contribution in [1.29, 1.82) is 0 Å². The number of amides is 1. The summed E-state index contributed by atoms with van der Waals surface area (Å²) in [5, 5.41) is 9.27. The molecule has 4 aromatic rings. The van der Waals surface area contributed by atoms with Gasteiger partial charge in [-0.1, -0.05) is 80.1 Å². The lowest BCUT2D eigenvalue weighted by molar-refractivity contribution is -0.137. The largest absolute Gasteiger partial charge is 0.489 e. The number of nitrogens with zero attached hydrogens (tertiary/aromatic N) is 1. The first-order valence-corrected chi connectivity index (χ1v) is 14.1. The lowest BCUT2D eigenvalue weighted by Crippen LogP contribution is -2.32. The van der Waals surface area contributed by atoms with Crippen LogP contribution >= 0.6 is 0 Å². The number of benzene rings is 4. The van der Waals surface area contributed by atoms with E-state index in [1.54, 1.807) is 29.2 Å². The molecular formula is C35H37NO5. The van der Waals surface area contributed by atoms with Crippen molar-refractivity contribution in [1.82, 2.24) is 4.90 Å². The third kappa shape index (κ3) is 9.53. The first-order chi connectivity index (χ1) is 20.0. The van der Waals surface area contributed by atoms with Gasteiger partial charge in [-0.3, -0.25) is 9.59 Å². The Morgan fingerprint density at radius 1 is 0.707 bits per heavy atom. The van der Waals surface area contributed by atoms with E-state index in [1.807, 2.05) is 54.6 Å². The van der Waals surface area contributed by atoms with Crippen molar-refractivity contribution in [3.8, 4) is 11.5 Å². The molecule has 0 aromatic heterocycles. The van der Waals surface area contributed by atoms with Crippen LogP contribution < -0.4 is 9.47 Å². The molecule has 0 fully saturated rings. The van der Waals surface area contributed by atoms with Crippen molar-refractivity contribution in [2.45, 2.75) is 52.4 Å². The van der Waals surface area contributed by atoms with Crippen LogP contribution in [-0.4, -0.2) is 28.4 Å². The number of unbranched alkanes of at least 4 members (excludes halogenated alkanes) is 1. The van der Waals surface area contributed by atoms with Gasteiger partial charge in [-0.05, 0) is 71.5 Å². The second-order valence-electron chi connectivity index (χ2n) is 10.0. The normalized spacial score (nSPS) is 10.7. The molecule has 0 aliphatic carbocycles. The molecule has 0 unspecified atom stereocenters. The van der Waals surface area contributed by atoms with Crippen LogP contribution in [0.2, 0.25) is 0 Å². The van der Waals surface area contributed by atoms with Gasteiger partial charge in [0.05, 0.1) is 6.42 Å². The van der Waals surface area contributed by atoms with Gasteiger partial charge in [0.1, 0.15) is 24.7 Å². The molecule has 0 aliphatic rings. The summed E-state index contributed by atoms with van der Waals surface area (Å²) in [6, 6.07) is 32.9. The van der Waals surface area contributed by atoms with Crippen molar-refractivity contribution in [2.24, 2.45) is 0 Å². The highest BCUT2D eigenvalue weighted by molar-refractivity contribution is 5.94. The molecule has 0 saturated carbocycles. The quantitative estimate of drug-likeness (QED) is 0.168. The van der Waals surface area contributed by atoms with E-state index >= 15 is 0 Å². The van der Waals surface area contributed by atoms with Crippen LogP contribution in [0.3, 0.4) is 0 Å². The van der Waals surface area contributed by atoms with E-state index in [9.17, 15) is 14.7 Å². The fourth-order valence-corrected chi connectivity index (χ4v) is 4.40. The smallest absolute Gasteiger partial charge is 0.305 e. The molecule has 0 spiro atoms. The van der Waals surface area contributed by atoms with Gasteiger partial charge in [0, 0.05) is 18.7 Å². The van der Waals surface area contributed by atoms with Gasteiger partial charge in [-0.15, -0.1) is 0 Å². The number of hydrogen-bond acceptors (Lipinski definition) is 4. The number of aryl methyl sites for hydroxylation is 1. The molecule has 4 aromatic carbocycles. The first-order valence-electron chi connectivity index (χ1n) is 14.1. The van der Waals surface area contributed by atoms with E-state index in [0.29, 0.717) is 30.3 Å². The number of aliphatic carboxylic acids is 1. The minimum Gasteiger partial charge on any atom is -0.489 e. The molecule has 1 N–H and O–H groups in total. The summed E-state index contributed by atoms with van der Waals surface area (Å²) in [4.78, 5) is 26.3. The summed E-state index contributed by atoms with van der Waals surface area (Å²) in [5.41, 5.74) is 4.80. The first kappa shape index (κ1) is 29.4. The molecule has 6 nitrogen and oxygen atoms in total. The van der Waals surface area contributed by atoms with E-state index in [0.717, 1.165) is 23.1 Å². The van der Waals surface area contributed by atoms with E-state index in [-0.39, 0.29) is 25.4 Å². The van der Waals surface area contributed by atoms with Gasteiger partial charge in [-0.2, -0.15) is 0 Å². The summed E-state index contributed by atoms with van der Waals surface area (Å²) in [6.07, 6.45) is 3.31. The topological polar surface area (TPSA) is 76.1 Å². The summed E-state index contributed by atoms with van der Waals surface area (Å²) in [7, 11) is 0. The molecule has 6 heteroatoms. The van der Waals surface area contributed by atoms with Gasteiger partial charge in [0.2, 0.25) is 0 Å². The maximum absolute atomic E-state index is 13.4. The monoisotopic (exact) mass is 551 g/mol. The molecule has 0 bridgehead atoms. The van der Waals surface area contributed by atoms with Crippen molar-refractivity contribution in [3.05, 3.63) is 131 Å². The Kier molecular flexibility index (Phi) is 11.0. The summed E-state index contributed by atoms with van der Waals surface area (Å²) < 4.78 is 11.9. The Labute approximate surface area is 242 Å². The Morgan fingerprint density at radius 3 is 2.02 bits per heavy atom. The fourth-order valence-electron chi connectivity index (χ4n) is 4.40. The van der Waals surface area contributed by atoms with Crippen molar-refractivity contribution >= 4 is 11.9 Å². The number of rotatable bonds is 15. The molecular weight excluding hydrogens is 514 g/mol. The Morgan fingerprint density at radius 2 is 1.34 bits per heavy atom. The average molecular weight is 552 g/mol. The maximum atomic E-state index is 13.4. The Hall–Kier alpha value is -4.58. The zero-order valence-electron chi connectivity index (χ0n) is 23.5. The lowest BCUT2D eigenvalue weighted by Gasteiger charge is -2.23. The zero-order chi connectivity index (χ0) is 28.9. The van der Waals surface area contributed by atoms with Gasteiger partial charge in [0.15, 0.2) is 0 Å². The number of carbonyl (C=O) groups excluding carboxylic acids is 1. The molecule has 0 radical (unpaired) electrons. The van der Waals surface area contributed by atoms with E-state index in [4.69, 9.17) is 9.47 Å². The molecule has 0 saturated heterocycles. The number of carbonyl (C=O) groups is 2. The van der Waals surface area contributed by atoms with Crippen molar-refractivity contribution in [2.75, 3.05) is 6.54 Å². The molecule has 1 amide bonds. The summed E-state index contributed by atoms with van der Waals surface area (Å²) >= 11 is 0. The minimum absolute atomic E-state index is 0.0930. The predicted octanol–water partition coefficient (Wildman–Crippen LogP) is 7.30. The standard InChI is InChI=1S/C35H37NO5/c1-2-3-8-27-13-15-29(16-14-27)26-40-32-19-17-31(18-20-32)35(39)36(22-21-34(37)38)24-30-11-7-12-33(23-30)41-25-28-9-5-4-6-10-28/h4-7,9-20,23H,2-3,8,21-22,24-26H2,1H3,(H,37,38). The third-order valence-corrected chi connectivity index (χ3v) is 6.75. The van der Waals surface area contributed by atoms with Crippen LogP contribution in [0.1, 0.15) is 58.8 Å². The zero-order valence-corrected chi connectivity index (χ0v) is 23.5. The number of carboxylic acids is 1. The maximum Gasteiger partial charge on any atom is 0.305 e. The molecule has 0 heterocycles. The molecule has 0 aliphatic heterocycles. The van der Waals surface area contributed by atoms with Crippen LogP contribution in [0.15, 0.2) is 103 Å². The fraction of sp³-hybridized carbons (Fsp3) is 0.257. The highest BCUT2D eigenvalue weighted by Crippen LogP contribution is 2.20. The number of carboxylic acid groups (broad SMARTS) is 1. The van der Waals surface area contributed by atoms with E-state index < -0.39 is 5.97 Å². The number of hydrogen-bond donors (Lipinski definition) is 1. The second kappa shape index (κ2) is 15.3. The molecule has 4 rings (SSSR count). The van der Waals surface area contributed by atoms with Crippen LogP contribution in [0.25, 0.3) is 0 Å². The number of ether oxygens (including phenoxy) is 2. The van der Waals surface area contributed by atoms with Crippen LogP contribution in [0.4, 0.5) is 0 Å². The Balaban J connectivity index is 1.37. The van der Waals surface area contributed by atoms with Crippen LogP contribution in [-0.2, 0) is 31.0 Å². The van der Waals surface area contributed by atoms with Crippen molar-refractivity contribution < 1.29 is 24.2 Å². The van der Waals surface area contributed by atoms with Gasteiger partial charge in [0.25, 0.3) is 5.91 Å². The molecule has 212 valence electrons. The lowest BCUT2D eigenvalue weighted by atomic mass is 10.1. The molecule has 41 heavy (non-hydrogen) atoms. The van der Waals surface area contributed by atoms with Crippen LogP contribution in [0, 0.1) is 0 Å². The molecule has 0 atom stereocenters. The van der Waals surface area contributed by atoms with E-state index in [2.05, 4.69) is 31.2 Å². The summed E-state index contributed by atoms with van der Waals surface area (Å²) in [6.45, 7) is 3.42. The third-order valence-electron chi connectivity index (χ3n) is 6.75. The highest BCUT2D eigenvalue weighted by Gasteiger charge is 2.18. The van der Waals surface area contributed by atoms with Gasteiger partial charge < -0.3 is 19.5 Å². The van der Waals surface area contributed by atoms with E-state index in [1.165, 1.54) is 18.4 Å². The van der Waals surface area contributed by atoms with Crippen LogP contribution in [0.5, 0.6) is 11.5 Å². The average Bonchev–Trinajstić information content (AvgIpc) is 3.01. The van der Waals surface area contributed by atoms with Crippen molar-refractivity contribution in [3.63, 3.8) is 0 Å². The minimum atomic E-state index is -0.954. The SMILES string of the molecule is CCCCc1ccc(COc2ccc(C(=O)N(CCC(=O)O)Cc3cccc(OCc4ccccc4)c3)cc2)cc1. The van der Waals surface area contributed by atoms with Gasteiger partial charge >= 0.3 is 5.97 Å². The summed E-state index contributed by atoms with van der Waals surface area (Å²) in [5.74, 6) is 0.159. The highest BCUT2D eigenvalue weighted by atomic mass is 16.5. The van der Waals surface area contributed by atoms with Gasteiger partial charge in [-0.25, -0.2) is 0 Å². The second-order valence-corrected chi connectivity index (χ2v) is 10.0. The Bertz CT molecular complexity index is 1380.